The number of benzene rings is 2. The summed E-state index contributed by atoms with van der Waals surface area (Å²) in [6, 6.07) is -0.625. The molecule has 0 aromatic heterocycles. The molecule has 0 unspecified atom stereocenters. The first kappa shape index (κ1) is 71.2. The topological polar surface area (TPSA) is 455 Å². The molecule has 17 N–H and O–H groups in total. The van der Waals surface area contributed by atoms with Crippen LogP contribution >= 0.6 is 31.1 Å². The molecule has 1 aliphatic heterocycles. The van der Waals surface area contributed by atoms with E-state index >= 15 is 0 Å². The minimum absolute atomic E-state index is 0.00798. The zero-order chi connectivity index (χ0) is 64.1. The van der Waals surface area contributed by atoms with Crippen molar-refractivity contribution < 1.29 is 77.0 Å². The van der Waals surface area contributed by atoms with Crippen molar-refractivity contribution in [2.45, 2.75) is 152 Å². The minimum atomic E-state index is -4.56. The smallest absolute Gasteiger partial charge is 0.329 e. The minimum Gasteiger partial charge on any atom is -0.508 e. The first-order valence-electron chi connectivity index (χ1n) is 28.0. The first-order chi connectivity index (χ1) is 40.4. The zero-order valence-electron chi connectivity index (χ0n) is 48.9. The second-order valence-corrected chi connectivity index (χ2v) is 25.7. The van der Waals surface area contributed by atoms with E-state index in [0.717, 1.165) is 11.8 Å². The summed E-state index contributed by atoms with van der Waals surface area (Å²) in [4.78, 5) is 186. The van der Waals surface area contributed by atoms with Gasteiger partial charge < -0.3 is 79.5 Å². The van der Waals surface area contributed by atoms with Crippen LogP contribution in [0.1, 0.15) is 109 Å². The third-order valence-electron chi connectivity index (χ3n) is 14.0. The van der Waals surface area contributed by atoms with Crippen molar-refractivity contribution in [2.24, 2.45) is 23.3 Å². The van der Waals surface area contributed by atoms with E-state index in [-0.39, 0.29) is 66.4 Å². The molecule has 1 saturated heterocycles. The molecular weight excluding hydrogens is 1180 g/mol. The summed E-state index contributed by atoms with van der Waals surface area (Å²) in [5, 5.41) is 35.7. The number of thioether (sulfide) groups is 2. The molecule has 8 atom stereocenters. The predicted molar refractivity (Wildman–Crippen MR) is 319 cm³/mol. The van der Waals surface area contributed by atoms with Crippen molar-refractivity contribution in [3.63, 3.8) is 0 Å². The van der Waals surface area contributed by atoms with Crippen LogP contribution in [0, 0.1) is 11.8 Å². The van der Waals surface area contributed by atoms with Gasteiger partial charge in [0, 0.05) is 12.2 Å². The molecule has 474 valence electrons. The van der Waals surface area contributed by atoms with Crippen molar-refractivity contribution in [2.75, 3.05) is 30.1 Å². The largest absolute Gasteiger partial charge is 0.508 e. The molecule has 1 spiro atoms. The number of carbonyl (C=O) groups excluding carboxylic acids is 12. The number of carbonyl (C=O) groups is 12. The van der Waals surface area contributed by atoms with E-state index in [9.17, 15) is 77.0 Å². The number of phenols is 1. The van der Waals surface area contributed by atoms with Crippen LogP contribution in [0.4, 0.5) is 0 Å². The maximum absolute atomic E-state index is 14.9. The number of aromatic hydroxyl groups is 1. The standard InChI is InChI=1S/C55H81N12O16PS2/c1-29(2)22-37-50(76)66-45(34-14-10-33(11-15-34)26-84(81,82)83)53(79)67-55(19-8-7-9-20-55)54(80)64-39(24-41(56)69)51(77)65-44(30(3)4)52(78)58-25-42(70)60-36(18-21-85-6)48(74)62-38(23-32-12-16-35(68)17-13-32)49(75)63-40(46(57)72)27-86-28-43(71)59-31(5)47(73)61-37/h10-17,29-31,36-40,44-45,68H,7-9,18-28H2,1-6H3,(H2,56,69)(H2,57,72)(H,58,78)(H,59,71)(H,60,70)(H,61,73)(H,62,74)(H,63,75)(H,64,80)(H,65,77)(H,66,76)(H,67,79)(H2,81,82,83)/t31-,36-,37-,38-,39-,40+,44-,45-/m0/s1. The zero-order valence-corrected chi connectivity index (χ0v) is 51.4. The summed E-state index contributed by atoms with van der Waals surface area (Å²) in [7, 11) is -4.56. The molecule has 2 aromatic rings. The molecule has 1 heterocycles. The van der Waals surface area contributed by atoms with Crippen molar-refractivity contribution in [3.8, 4) is 5.75 Å². The summed E-state index contributed by atoms with van der Waals surface area (Å²) < 4.78 is 11.9. The molecule has 86 heavy (non-hydrogen) atoms. The van der Waals surface area contributed by atoms with Crippen LogP contribution < -0.4 is 64.6 Å². The van der Waals surface area contributed by atoms with E-state index in [1.807, 2.05) is 0 Å². The maximum Gasteiger partial charge on any atom is 0.329 e. The average Bonchev–Trinajstić information content (AvgIpc) is 1.33. The average molecular weight is 1260 g/mol. The van der Waals surface area contributed by atoms with Gasteiger partial charge in [0.05, 0.1) is 24.9 Å². The molecular formula is C55H81N12O16PS2. The highest BCUT2D eigenvalue weighted by Crippen LogP contribution is 2.39. The third-order valence-corrected chi connectivity index (χ3v) is 16.5. The molecule has 4 rings (SSSR count). The van der Waals surface area contributed by atoms with Crippen LogP contribution in [-0.2, 0) is 74.7 Å². The van der Waals surface area contributed by atoms with Crippen LogP contribution in [0.2, 0.25) is 0 Å². The van der Waals surface area contributed by atoms with Gasteiger partial charge in [-0.15, -0.1) is 11.8 Å². The number of phenolic OH excluding ortho intramolecular Hbond substituents is 1. The lowest BCUT2D eigenvalue weighted by atomic mass is 9.80. The Morgan fingerprint density at radius 1 is 0.686 bits per heavy atom. The molecule has 1 aliphatic carbocycles. The second kappa shape index (κ2) is 33.6. The molecule has 2 aliphatic rings. The molecule has 2 fully saturated rings. The summed E-state index contributed by atoms with van der Waals surface area (Å²) in [5.41, 5.74) is 10.2. The lowest BCUT2D eigenvalue weighted by Gasteiger charge is -2.39. The fraction of sp³-hybridized carbons (Fsp3) is 0.564. The van der Waals surface area contributed by atoms with Gasteiger partial charge in [-0.25, -0.2) is 0 Å². The molecule has 31 heteroatoms. The van der Waals surface area contributed by atoms with Gasteiger partial charge in [0.1, 0.15) is 59.6 Å². The summed E-state index contributed by atoms with van der Waals surface area (Å²) in [6.07, 6.45) is 1.48. The normalized spacial score (nSPS) is 24.5. The van der Waals surface area contributed by atoms with E-state index < -0.39 is 157 Å². The quantitative estimate of drug-likeness (QED) is 0.0946. The highest BCUT2D eigenvalue weighted by Gasteiger charge is 2.45. The van der Waals surface area contributed by atoms with Gasteiger partial charge in [0.15, 0.2) is 0 Å². The number of hydrogen-bond acceptors (Lipinski definition) is 16. The van der Waals surface area contributed by atoms with E-state index in [1.165, 1.54) is 67.2 Å². The molecule has 1 saturated carbocycles. The van der Waals surface area contributed by atoms with Crippen LogP contribution in [-0.4, -0.2) is 164 Å². The maximum atomic E-state index is 14.9. The fourth-order valence-corrected chi connectivity index (χ4v) is 11.5. The predicted octanol–water partition coefficient (Wildman–Crippen LogP) is -1.62. The monoisotopic (exact) mass is 1260 g/mol. The number of hydrogen-bond donors (Lipinski definition) is 15. The number of rotatable bonds is 14. The fourth-order valence-electron chi connectivity index (χ4n) is 9.43. The Labute approximate surface area is 506 Å². The van der Waals surface area contributed by atoms with E-state index in [0.29, 0.717) is 30.6 Å². The van der Waals surface area contributed by atoms with Crippen LogP contribution in [0.15, 0.2) is 48.5 Å². The summed E-state index contributed by atoms with van der Waals surface area (Å²) in [5.74, 6) is -12.3. The SMILES string of the molecule is CSCC[C@@H]1NC(=O)CNC(=O)[C@H](C(C)C)NC(=O)[C@H](CC(N)=O)NC(=O)C2(CCCCC2)NC(=O)[C@H](c2ccc(CP(=O)(O)O)cc2)NC(=O)[C@H](CC(C)C)NC(=O)[C@H](C)NC(=O)CSC[C@H](C(N)=O)NC(=O)[C@H](Cc2ccc(O)cc2)NC1=O. The Morgan fingerprint density at radius 2 is 1.28 bits per heavy atom. The molecule has 12 amide bonds. The lowest BCUT2D eigenvalue weighted by Crippen LogP contribution is -2.65. The first-order valence-corrected chi connectivity index (χ1v) is 32.3. The Bertz CT molecular complexity index is 2820. The molecule has 28 nitrogen and oxygen atoms in total. The highest BCUT2D eigenvalue weighted by molar-refractivity contribution is 8.00. The van der Waals surface area contributed by atoms with Crippen LogP contribution in [0.3, 0.4) is 0 Å². The number of amides is 12. The van der Waals surface area contributed by atoms with Gasteiger partial charge in [-0.1, -0.05) is 83.4 Å². The van der Waals surface area contributed by atoms with E-state index in [4.69, 9.17) is 11.5 Å². The molecule has 2 aromatic carbocycles. The van der Waals surface area contributed by atoms with Gasteiger partial charge in [-0.05, 0) is 85.3 Å². The van der Waals surface area contributed by atoms with Gasteiger partial charge >= 0.3 is 7.60 Å². The van der Waals surface area contributed by atoms with E-state index in [1.54, 1.807) is 34.0 Å². The van der Waals surface area contributed by atoms with E-state index in [2.05, 4.69) is 53.2 Å². The third kappa shape index (κ3) is 23.2. The summed E-state index contributed by atoms with van der Waals surface area (Å²) in [6.45, 7) is 7.23. The number of nitrogens with two attached hydrogens (primary N) is 2. The Hall–Kier alpha value is -7.27. The van der Waals surface area contributed by atoms with Gasteiger partial charge in [-0.2, -0.15) is 11.8 Å². The lowest BCUT2D eigenvalue weighted by molar-refractivity contribution is -0.140. The molecule has 0 radical (unpaired) electrons. The van der Waals surface area contributed by atoms with Crippen molar-refractivity contribution in [1.29, 1.82) is 0 Å². The van der Waals surface area contributed by atoms with Crippen molar-refractivity contribution in [3.05, 3.63) is 65.2 Å². The van der Waals surface area contributed by atoms with Crippen LogP contribution in [0.25, 0.3) is 0 Å². The number of primary amides is 2. The molecule has 0 bridgehead atoms. The van der Waals surface area contributed by atoms with Crippen molar-refractivity contribution in [1.82, 2.24) is 53.2 Å². The highest BCUT2D eigenvalue weighted by atomic mass is 32.2. The Balaban J connectivity index is 1.78. The summed E-state index contributed by atoms with van der Waals surface area (Å²) >= 11 is 2.19. The number of nitrogens with one attached hydrogen (secondary N) is 10. The Kier molecular flexibility index (Phi) is 27.8. The van der Waals surface area contributed by atoms with Gasteiger partial charge in [0.25, 0.3) is 0 Å². The Morgan fingerprint density at radius 3 is 1.86 bits per heavy atom. The van der Waals surface area contributed by atoms with Crippen LogP contribution in [0.5, 0.6) is 5.75 Å². The second-order valence-electron chi connectivity index (χ2n) is 22.1. The van der Waals surface area contributed by atoms with Gasteiger partial charge in [-0.3, -0.25) is 62.1 Å². The van der Waals surface area contributed by atoms with Crippen molar-refractivity contribution >= 4 is 102 Å². The van der Waals surface area contributed by atoms with Gasteiger partial charge in [0.2, 0.25) is 70.9 Å².